The van der Waals surface area contributed by atoms with Crippen LogP contribution in [0.25, 0.3) is 10.9 Å². The van der Waals surface area contributed by atoms with Crippen LogP contribution in [0.4, 0.5) is 0 Å². The Kier molecular flexibility index (Phi) is 5.47. The molecule has 0 bridgehead atoms. The summed E-state index contributed by atoms with van der Waals surface area (Å²) >= 11 is 7.56. The van der Waals surface area contributed by atoms with Crippen LogP contribution in [0.5, 0.6) is 0 Å². The normalized spacial score (nSPS) is 16.9. The fraction of sp³-hybridized carbons (Fsp3) is 0.500. The van der Waals surface area contributed by atoms with Crippen molar-refractivity contribution in [3.63, 3.8) is 0 Å². The minimum Gasteiger partial charge on any atom is -0.284 e. The molecular formula is C18H20ClN3OS. The number of hydrogen-bond donors (Lipinski definition) is 0. The number of halogens is 1. The molecular weight excluding hydrogens is 342 g/mol. The van der Waals surface area contributed by atoms with Gasteiger partial charge in [-0.25, -0.2) is 4.98 Å². The molecule has 1 aromatic heterocycles. The average molecular weight is 362 g/mol. The summed E-state index contributed by atoms with van der Waals surface area (Å²) in [6, 6.07) is 7.68. The third-order valence-corrected chi connectivity index (χ3v) is 5.90. The summed E-state index contributed by atoms with van der Waals surface area (Å²) in [6.45, 7) is 1.88. The molecule has 1 heterocycles. The molecule has 0 unspecified atom stereocenters. The van der Waals surface area contributed by atoms with Crippen LogP contribution in [-0.4, -0.2) is 15.3 Å². The van der Waals surface area contributed by atoms with Gasteiger partial charge in [-0.15, -0.1) is 0 Å². The van der Waals surface area contributed by atoms with Crippen LogP contribution < -0.4 is 5.56 Å². The molecule has 0 N–H and O–H groups in total. The van der Waals surface area contributed by atoms with Crippen molar-refractivity contribution in [3.8, 4) is 6.07 Å². The number of rotatable bonds is 4. The highest BCUT2D eigenvalue weighted by molar-refractivity contribution is 7.99. The summed E-state index contributed by atoms with van der Waals surface area (Å²) in [5, 5.41) is 10.9. The van der Waals surface area contributed by atoms with Gasteiger partial charge < -0.3 is 0 Å². The molecule has 1 aliphatic carbocycles. The van der Waals surface area contributed by atoms with E-state index in [0.29, 0.717) is 26.8 Å². The van der Waals surface area contributed by atoms with Crippen LogP contribution in [0, 0.1) is 17.2 Å². The molecule has 0 radical (unpaired) electrons. The zero-order valence-electron chi connectivity index (χ0n) is 13.7. The summed E-state index contributed by atoms with van der Waals surface area (Å²) in [5.41, 5.74) is 0.641. The Labute approximate surface area is 150 Å². The van der Waals surface area contributed by atoms with Crippen LogP contribution in [0.2, 0.25) is 5.02 Å². The van der Waals surface area contributed by atoms with Gasteiger partial charge in [0.1, 0.15) is 0 Å². The smallest absolute Gasteiger partial charge is 0.262 e. The highest BCUT2D eigenvalue weighted by Gasteiger charge is 2.22. The second-order valence-electron chi connectivity index (χ2n) is 6.36. The van der Waals surface area contributed by atoms with E-state index in [-0.39, 0.29) is 17.5 Å². The van der Waals surface area contributed by atoms with E-state index in [1.807, 2.05) is 11.5 Å². The molecule has 0 saturated heterocycles. The van der Waals surface area contributed by atoms with Gasteiger partial charge in [-0.1, -0.05) is 42.6 Å². The number of nitrogens with zero attached hydrogens (tertiary/aromatic N) is 3. The van der Waals surface area contributed by atoms with Gasteiger partial charge in [0.05, 0.1) is 22.9 Å². The predicted molar refractivity (Wildman–Crippen MR) is 98.6 cm³/mol. The summed E-state index contributed by atoms with van der Waals surface area (Å²) in [5.74, 6) is 0.545. The zero-order valence-corrected chi connectivity index (χ0v) is 15.2. The fourth-order valence-corrected chi connectivity index (χ4v) is 4.33. The van der Waals surface area contributed by atoms with Crippen molar-refractivity contribution in [1.29, 1.82) is 5.26 Å². The number of hydrogen-bond acceptors (Lipinski definition) is 4. The maximum atomic E-state index is 13.1. The lowest BCUT2D eigenvalue weighted by Crippen LogP contribution is -2.29. The molecule has 2 aromatic rings. The highest BCUT2D eigenvalue weighted by atomic mass is 35.5. The van der Waals surface area contributed by atoms with E-state index < -0.39 is 0 Å². The molecule has 0 spiro atoms. The summed E-state index contributed by atoms with van der Waals surface area (Å²) in [4.78, 5) is 17.8. The summed E-state index contributed by atoms with van der Waals surface area (Å²) < 4.78 is 1.87. The van der Waals surface area contributed by atoms with Crippen LogP contribution in [0.15, 0.2) is 28.2 Å². The van der Waals surface area contributed by atoms with E-state index in [0.717, 1.165) is 25.7 Å². The lowest BCUT2D eigenvalue weighted by molar-refractivity contribution is 0.326. The van der Waals surface area contributed by atoms with Crippen LogP contribution in [0.1, 0.15) is 45.1 Å². The fourth-order valence-electron chi connectivity index (χ4n) is 3.15. The van der Waals surface area contributed by atoms with E-state index in [4.69, 9.17) is 21.8 Å². The van der Waals surface area contributed by atoms with Crippen LogP contribution in [-0.2, 0) is 0 Å². The number of fused-ring (bicyclic) bond motifs is 1. The monoisotopic (exact) mass is 361 g/mol. The van der Waals surface area contributed by atoms with Gasteiger partial charge in [-0.3, -0.25) is 9.36 Å². The minimum atomic E-state index is -0.0817. The van der Waals surface area contributed by atoms with E-state index in [2.05, 4.69) is 6.07 Å². The molecule has 24 heavy (non-hydrogen) atoms. The maximum Gasteiger partial charge on any atom is 0.262 e. The van der Waals surface area contributed by atoms with Crippen molar-refractivity contribution in [2.24, 2.45) is 5.92 Å². The van der Waals surface area contributed by atoms with E-state index in [1.165, 1.54) is 18.2 Å². The van der Waals surface area contributed by atoms with Crippen molar-refractivity contribution in [2.75, 3.05) is 5.75 Å². The van der Waals surface area contributed by atoms with Gasteiger partial charge in [0.25, 0.3) is 5.56 Å². The van der Waals surface area contributed by atoms with Gasteiger partial charge in [0.2, 0.25) is 0 Å². The van der Waals surface area contributed by atoms with Crippen LogP contribution >= 0.6 is 23.4 Å². The highest BCUT2D eigenvalue weighted by Crippen LogP contribution is 2.31. The SMILES string of the molecule is C[C@H](C#N)CSc1nc2cc(Cl)ccc2c(=O)n1C1CCCCC1. The Morgan fingerprint density at radius 1 is 1.42 bits per heavy atom. The Morgan fingerprint density at radius 3 is 2.88 bits per heavy atom. The third kappa shape index (κ3) is 3.60. The van der Waals surface area contributed by atoms with Crippen molar-refractivity contribution in [3.05, 3.63) is 33.6 Å². The maximum absolute atomic E-state index is 13.1. The number of aromatic nitrogens is 2. The molecule has 1 aromatic carbocycles. The lowest BCUT2D eigenvalue weighted by Gasteiger charge is -2.26. The van der Waals surface area contributed by atoms with Crippen molar-refractivity contribution in [1.82, 2.24) is 9.55 Å². The molecule has 0 aliphatic heterocycles. The number of nitriles is 1. The van der Waals surface area contributed by atoms with Gasteiger partial charge in [-0.05, 0) is 38.0 Å². The molecule has 6 heteroatoms. The topological polar surface area (TPSA) is 58.7 Å². The largest absolute Gasteiger partial charge is 0.284 e. The molecule has 1 fully saturated rings. The molecule has 1 saturated carbocycles. The standard InChI is InChI=1S/C18H20ClN3OS/c1-12(10-20)11-24-18-21-16-9-13(19)7-8-15(16)17(23)22(18)14-5-3-2-4-6-14/h7-9,12,14H,2-6,11H2,1H3/t12-/m1/s1. The number of benzene rings is 1. The number of thioether (sulfide) groups is 1. The molecule has 3 rings (SSSR count). The van der Waals surface area contributed by atoms with Gasteiger partial charge in [0, 0.05) is 16.8 Å². The Balaban J connectivity index is 2.10. The lowest BCUT2D eigenvalue weighted by atomic mass is 9.95. The predicted octanol–water partition coefficient (Wildman–Crippen LogP) is 4.81. The van der Waals surface area contributed by atoms with E-state index in [9.17, 15) is 4.79 Å². The minimum absolute atomic E-state index is 0.00989. The second-order valence-corrected chi connectivity index (χ2v) is 7.79. The third-order valence-electron chi connectivity index (χ3n) is 4.45. The van der Waals surface area contributed by atoms with Crippen molar-refractivity contribution in [2.45, 2.75) is 50.2 Å². The second kappa shape index (κ2) is 7.58. The quantitative estimate of drug-likeness (QED) is 0.579. The first-order valence-corrected chi connectivity index (χ1v) is 9.70. The Morgan fingerprint density at radius 2 is 2.17 bits per heavy atom. The zero-order chi connectivity index (χ0) is 17.1. The van der Waals surface area contributed by atoms with Crippen molar-refractivity contribution < 1.29 is 0 Å². The van der Waals surface area contributed by atoms with Gasteiger partial charge in [-0.2, -0.15) is 5.26 Å². The first-order chi connectivity index (χ1) is 11.6. The van der Waals surface area contributed by atoms with E-state index in [1.54, 1.807) is 18.2 Å². The molecule has 1 aliphatic rings. The first kappa shape index (κ1) is 17.3. The summed E-state index contributed by atoms with van der Waals surface area (Å²) in [7, 11) is 0. The Hall–Kier alpha value is -1.51. The Bertz CT molecular complexity index is 836. The summed E-state index contributed by atoms with van der Waals surface area (Å²) in [6.07, 6.45) is 5.56. The van der Waals surface area contributed by atoms with Gasteiger partial charge >= 0.3 is 0 Å². The van der Waals surface area contributed by atoms with E-state index >= 15 is 0 Å². The van der Waals surface area contributed by atoms with Gasteiger partial charge in [0.15, 0.2) is 5.16 Å². The molecule has 1 atom stereocenters. The van der Waals surface area contributed by atoms with Crippen molar-refractivity contribution >= 4 is 34.3 Å². The first-order valence-electron chi connectivity index (χ1n) is 8.34. The molecule has 4 nitrogen and oxygen atoms in total. The molecule has 0 amide bonds. The average Bonchev–Trinajstić information content (AvgIpc) is 2.60. The molecule has 126 valence electrons. The van der Waals surface area contributed by atoms with Crippen LogP contribution in [0.3, 0.4) is 0 Å².